The molecule has 1 unspecified atom stereocenters. The lowest BCUT2D eigenvalue weighted by Crippen LogP contribution is -2.37. The highest BCUT2D eigenvalue weighted by atomic mass is 32.2. The minimum absolute atomic E-state index is 0.324. The Hall–Kier alpha value is -2.08. The van der Waals surface area contributed by atoms with E-state index in [9.17, 15) is 9.59 Å². The Labute approximate surface area is 120 Å². The highest BCUT2D eigenvalue weighted by Crippen LogP contribution is 2.21. The molecule has 20 heavy (non-hydrogen) atoms. The zero-order valence-electron chi connectivity index (χ0n) is 10.7. The first-order chi connectivity index (χ1) is 9.72. The molecule has 104 valence electrons. The molecule has 6 heteroatoms. The molecule has 0 spiro atoms. The number of carbonyl (C=O) groups excluding carboxylic acids is 1. The predicted molar refractivity (Wildman–Crippen MR) is 78.5 cm³/mol. The largest absolute Gasteiger partial charge is 0.480 e. The van der Waals surface area contributed by atoms with Crippen molar-refractivity contribution in [1.82, 2.24) is 10.3 Å². The number of carboxylic acid groups (broad SMARTS) is 1. The maximum atomic E-state index is 10.9. The average molecular weight is 290 g/mol. The summed E-state index contributed by atoms with van der Waals surface area (Å²) < 4.78 is 0. The number of hydrogen-bond acceptors (Lipinski definition) is 4. The molecule has 0 saturated heterocycles. The van der Waals surface area contributed by atoms with Crippen LogP contribution in [0.25, 0.3) is 10.9 Å². The van der Waals surface area contributed by atoms with Crippen molar-refractivity contribution in [2.45, 2.75) is 11.8 Å². The van der Waals surface area contributed by atoms with Crippen molar-refractivity contribution in [3.63, 3.8) is 0 Å². The maximum Gasteiger partial charge on any atom is 0.327 e. The van der Waals surface area contributed by atoms with Gasteiger partial charge in [-0.15, -0.1) is 0 Å². The summed E-state index contributed by atoms with van der Waals surface area (Å²) >= 11 is 1.47. The summed E-state index contributed by atoms with van der Waals surface area (Å²) in [6.45, 7) is 0. The number of nitrogens with zero attached hydrogens (tertiary/aromatic N) is 1. The molecule has 0 aliphatic rings. The van der Waals surface area contributed by atoms with Crippen LogP contribution in [0.3, 0.4) is 0 Å². The van der Waals surface area contributed by atoms with Crippen LogP contribution in [0.5, 0.6) is 0 Å². The first-order valence-corrected chi connectivity index (χ1v) is 7.20. The number of pyridine rings is 1. The molecule has 1 amide bonds. The van der Waals surface area contributed by atoms with E-state index in [-0.39, 0.29) is 0 Å². The average Bonchev–Trinajstić information content (AvgIpc) is 2.46. The number of thioether (sulfide) groups is 1. The zero-order valence-corrected chi connectivity index (χ0v) is 11.5. The van der Waals surface area contributed by atoms with Crippen LogP contribution >= 0.6 is 11.8 Å². The fourth-order valence-electron chi connectivity index (χ4n) is 1.84. The van der Waals surface area contributed by atoms with Crippen LogP contribution < -0.4 is 5.32 Å². The van der Waals surface area contributed by atoms with Crippen molar-refractivity contribution >= 4 is 35.0 Å². The van der Waals surface area contributed by atoms with Crippen LogP contribution in [0, 0.1) is 0 Å². The maximum absolute atomic E-state index is 10.9. The summed E-state index contributed by atoms with van der Waals surface area (Å²) in [6, 6.07) is 8.89. The SMILES string of the molecule is O=CNC(CSCc1ccnc2ccccc12)C(=O)O. The summed E-state index contributed by atoms with van der Waals surface area (Å²) in [7, 11) is 0. The summed E-state index contributed by atoms with van der Waals surface area (Å²) in [5.41, 5.74) is 2.03. The normalized spacial score (nSPS) is 12.0. The lowest BCUT2D eigenvalue weighted by Gasteiger charge is -2.11. The van der Waals surface area contributed by atoms with E-state index < -0.39 is 12.0 Å². The first kappa shape index (κ1) is 14.3. The van der Waals surface area contributed by atoms with E-state index in [1.165, 1.54) is 11.8 Å². The fourth-order valence-corrected chi connectivity index (χ4v) is 2.90. The molecule has 5 nitrogen and oxygen atoms in total. The number of hydrogen-bond donors (Lipinski definition) is 2. The van der Waals surface area contributed by atoms with Crippen molar-refractivity contribution in [3.05, 3.63) is 42.1 Å². The third kappa shape index (κ3) is 3.48. The number of amides is 1. The second-order valence-corrected chi connectivity index (χ2v) is 5.21. The molecule has 0 radical (unpaired) electrons. The number of nitrogens with one attached hydrogen (secondary N) is 1. The second kappa shape index (κ2) is 6.91. The lowest BCUT2D eigenvalue weighted by atomic mass is 10.1. The van der Waals surface area contributed by atoms with E-state index in [0.29, 0.717) is 17.9 Å². The molecule has 1 aromatic heterocycles. The first-order valence-electron chi connectivity index (χ1n) is 6.05. The molecule has 2 N–H and O–H groups in total. The molecule has 1 heterocycles. The van der Waals surface area contributed by atoms with E-state index in [1.807, 2.05) is 30.3 Å². The standard InChI is InChI=1S/C14H14N2O3S/c17-9-16-13(14(18)19)8-20-7-10-5-6-15-12-4-2-1-3-11(10)12/h1-6,9,13H,7-8H2,(H,16,17)(H,18,19). The number of fused-ring (bicyclic) bond motifs is 1. The van der Waals surface area contributed by atoms with Crippen molar-refractivity contribution in [2.75, 3.05) is 5.75 Å². The van der Waals surface area contributed by atoms with Gasteiger partial charge in [-0.05, 0) is 17.7 Å². The third-order valence-electron chi connectivity index (χ3n) is 2.85. The molecular weight excluding hydrogens is 276 g/mol. The monoisotopic (exact) mass is 290 g/mol. The van der Waals surface area contributed by atoms with E-state index >= 15 is 0 Å². The quantitative estimate of drug-likeness (QED) is 0.758. The van der Waals surface area contributed by atoms with E-state index in [1.54, 1.807) is 6.20 Å². The molecule has 0 aliphatic heterocycles. The second-order valence-electron chi connectivity index (χ2n) is 4.18. The summed E-state index contributed by atoms with van der Waals surface area (Å²) in [5, 5.41) is 12.3. The van der Waals surface area contributed by atoms with Crippen molar-refractivity contribution in [2.24, 2.45) is 0 Å². The Balaban J connectivity index is 2.02. The Bertz CT molecular complexity index is 613. The van der Waals surface area contributed by atoms with Gasteiger partial charge in [0.15, 0.2) is 0 Å². The van der Waals surface area contributed by atoms with Gasteiger partial charge in [0.05, 0.1) is 5.52 Å². The minimum atomic E-state index is -1.02. The topological polar surface area (TPSA) is 79.3 Å². The number of para-hydroxylation sites is 1. The molecule has 0 aliphatic carbocycles. The van der Waals surface area contributed by atoms with Crippen LogP contribution in [-0.2, 0) is 15.3 Å². The molecule has 0 bridgehead atoms. The van der Waals surface area contributed by atoms with Crippen LogP contribution in [0.4, 0.5) is 0 Å². The van der Waals surface area contributed by atoms with Gasteiger partial charge in [-0.3, -0.25) is 9.78 Å². The van der Waals surface area contributed by atoms with Gasteiger partial charge in [-0.2, -0.15) is 11.8 Å². The number of carbonyl (C=O) groups is 2. The van der Waals surface area contributed by atoms with Gasteiger partial charge in [-0.25, -0.2) is 4.79 Å². The molecule has 2 aromatic rings. The minimum Gasteiger partial charge on any atom is -0.480 e. The molecular formula is C14H14N2O3S. The highest BCUT2D eigenvalue weighted by molar-refractivity contribution is 7.98. The van der Waals surface area contributed by atoms with E-state index in [0.717, 1.165) is 16.5 Å². The summed E-state index contributed by atoms with van der Waals surface area (Å²) in [5.74, 6) is -0.0258. The Morgan fingerprint density at radius 2 is 2.20 bits per heavy atom. The zero-order chi connectivity index (χ0) is 14.4. The van der Waals surface area contributed by atoms with Gasteiger partial charge in [0.25, 0.3) is 0 Å². The lowest BCUT2D eigenvalue weighted by molar-refractivity contribution is -0.139. The van der Waals surface area contributed by atoms with Crippen LogP contribution in [0.15, 0.2) is 36.5 Å². The van der Waals surface area contributed by atoms with Gasteiger partial charge < -0.3 is 10.4 Å². The van der Waals surface area contributed by atoms with Crippen LogP contribution in [-0.4, -0.2) is 34.3 Å². The van der Waals surface area contributed by atoms with Gasteiger partial charge in [0, 0.05) is 23.1 Å². The summed E-state index contributed by atoms with van der Waals surface area (Å²) in [4.78, 5) is 25.5. The molecule has 1 aromatic carbocycles. The predicted octanol–water partition coefficient (Wildman–Crippen LogP) is 1.67. The number of benzene rings is 1. The van der Waals surface area contributed by atoms with Gasteiger partial charge in [-0.1, -0.05) is 18.2 Å². The molecule has 2 rings (SSSR count). The summed E-state index contributed by atoms with van der Waals surface area (Å²) in [6.07, 6.45) is 2.16. The van der Waals surface area contributed by atoms with Gasteiger partial charge in [0.2, 0.25) is 6.41 Å². The van der Waals surface area contributed by atoms with Crippen LogP contribution in [0.1, 0.15) is 5.56 Å². The number of carboxylic acids is 1. The van der Waals surface area contributed by atoms with Gasteiger partial charge in [0.1, 0.15) is 6.04 Å². The molecule has 0 saturated carbocycles. The van der Waals surface area contributed by atoms with Crippen molar-refractivity contribution < 1.29 is 14.7 Å². The number of aliphatic carboxylic acids is 1. The van der Waals surface area contributed by atoms with E-state index in [2.05, 4.69) is 10.3 Å². The van der Waals surface area contributed by atoms with Crippen molar-refractivity contribution in [1.29, 1.82) is 0 Å². The number of rotatable bonds is 7. The smallest absolute Gasteiger partial charge is 0.327 e. The van der Waals surface area contributed by atoms with Crippen molar-refractivity contribution in [3.8, 4) is 0 Å². The van der Waals surface area contributed by atoms with E-state index in [4.69, 9.17) is 5.11 Å². The molecule has 1 atom stereocenters. The Morgan fingerprint density at radius 3 is 2.95 bits per heavy atom. The number of aromatic nitrogens is 1. The highest BCUT2D eigenvalue weighted by Gasteiger charge is 2.16. The third-order valence-corrected chi connectivity index (χ3v) is 3.93. The fraction of sp³-hybridized carbons (Fsp3) is 0.214. The van der Waals surface area contributed by atoms with Crippen LogP contribution in [0.2, 0.25) is 0 Å². The molecule has 0 fully saturated rings. The Morgan fingerprint density at radius 1 is 1.40 bits per heavy atom. The Kier molecular flexibility index (Phi) is 4.95. The van der Waals surface area contributed by atoms with Gasteiger partial charge >= 0.3 is 5.97 Å².